The van der Waals surface area contributed by atoms with Gasteiger partial charge in [0.2, 0.25) is 5.91 Å². The van der Waals surface area contributed by atoms with Crippen molar-refractivity contribution < 1.29 is 4.79 Å². The summed E-state index contributed by atoms with van der Waals surface area (Å²) in [6, 6.07) is 7.59. The molecule has 0 saturated carbocycles. The first-order valence-corrected chi connectivity index (χ1v) is 5.32. The van der Waals surface area contributed by atoms with Crippen molar-refractivity contribution in [3.8, 4) is 0 Å². The van der Waals surface area contributed by atoms with E-state index in [2.05, 4.69) is 10.6 Å². The monoisotopic (exact) mass is 226 g/mol. The van der Waals surface area contributed by atoms with Crippen LogP contribution < -0.4 is 10.6 Å². The highest BCUT2D eigenvalue weighted by atomic mass is 35.5. The van der Waals surface area contributed by atoms with E-state index >= 15 is 0 Å². The summed E-state index contributed by atoms with van der Waals surface area (Å²) in [4.78, 5) is 11.1. The molecule has 1 aromatic carbocycles. The van der Waals surface area contributed by atoms with Crippen LogP contribution in [0.15, 0.2) is 24.3 Å². The summed E-state index contributed by atoms with van der Waals surface area (Å²) in [5, 5.41) is 6.47. The van der Waals surface area contributed by atoms with Gasteiger partial charge in [-0.1, -0.05) is 29.8 Å². The fraction of sp³-hybridized carbons (Fsp3) is 0.364. The predicted octanol–water partition coefficient (Wildman–Crippen LogP) is 1.57. The molecule has 1 rings (SSSR count). The van der Waals surface area contributed by atoms with E-state index in [0.29, 0.717) is 19.6 Å². The van der Waals surface area contributed by atoms with Gasteiger partial charge in [0.05, 0.1) is 6.54 Å². The Hall–Kier alpha value is -1.06. The Kier molecular flexibility index (Phi) is 5.15. The minimum absolute atomic E-state index is 0.00422. The maximum absolute atomic E-state index is 11.1. The number of likely N-dealkylation sites (N-methyl/N-ethyl adjacent to an activating group) is 1. The number of rotatable bonds is 5. The van der Waals surface area contributed by atoms with Crippen LogP contribution in [0.4, 0.5) is 0 Å². The Labute approximate surface area is 94.8 Å². The number of amides is 1. The summed E-state index contributed by atoms with van der Waals surface area (Å²) >= 11 is 5.96. The van der Waals surface area contributed by atoms with E-state index in [4.69, 9.17) is 11.6 Å². The Morgan fingerprint density at radius 2 is 2.13 bits per heavy atom. The Morgan fingerprint density at radius 1 is 1.40 bits per heavy atom. The zero-order chi connectivity index (χ0) is 11.1. The normalized spacial score (nSPS) is 10.0. The van der Waals surface area contributed by atoms with E-state index in [1.165, 1.54) is 0 Å². The van der Waals surface area contributed by atoms with E-state index in [9.17, 15) is 4.79 Å². The van der Waals surface area contributed by atoms with Crippen LogP contribution in [0.25, 0.3) is 0 Å². The van der Waals surface area contributed by atoms with Crippen molar-refractivity contribution in [3.05, 3.63) is 34.9 Å². The molecule has 0 aromatic heterocycles. The first-order valence-electron chi connectivity index (χ1n) is 4.95. The Bertz CT molecular complexity index is 328. The highest BCUT2D eigenvalue weighted by Gasteiger charge is 2.00. The van der Waals surface area contributed by atoms with Crippen molar-refractivity contribution in [2.45, 2.75) is 13.5 Å². The van der Waals surface area contributed by atoms with Gasteiger partial charge in [0.25, 0.3) is 0 Å². The average Bonchev–Trinajstić information content (AvgIpc) is 2.21. The molecule has 0 radical (unpaired) electrons. The van der Waals surface area contributed by atoms with E-state index in [1.54, 1.807) is 0 Å². The first-order chi connectivity index (χ1) is 7.24. The molecule has 3 nitrogen and oxygen atoms in total. The second-order valence-corrected chi connectivity index (χ2v) is 3.56. The van der Waals surface area contributed by atoms with Crippen LogP contribution in [0.1, 0.15) is 12.5 Å². The molecule has 0 aliphatic heterocycles. The predicted molar refractivity (Wildman–Crippen MR) is 61.8 cm³/mol. The van der Waals surface area contributed by atoms with Gasteiger partial charge in [-0.05, 0) is 18.6 Å². The lowest BCUT2D eigenvalue weighted by Crippen LogP contribution is -2.33. The Morgan fingerprint density at radius 3 is 2.80 bits per heavy atom. The smallest absolute Gasteiger partial charge is 0.233 e. The molecule has 0 atom stereocenters. The van der Waals surface area contributed by atoms with Gasteiger partial charge in [-0.25, -0.2) is 0 Å². The average molecular weight is 227 g/mol. The standard InChI is InChI=1S/C11H15ClN2O/c1-2-14-11(15)8-13-7-9-5-3-4-6-10(9)12/h3-6,13H,2,7-8H2,1H3,(H,14,15). The number of halogens is 1. The summed E-state index contributed by atoms with van der Waals surface area (Å²) in [6.07, 6.45) is 0. The third-order valence-electron chi connectivity index (χ3n) is 1.93. The number of hydrogen-bond donors (Lipinski definition) is 2. The minimum atomic E-state index is 0.00422. The fourth-order valence-electron chi connectivity index (χ4n) is 1.21. The molecule has 4 heteroatoms. The lowest BCUT2D eigenvalue weighted by atomic mass is 10.2. The van der Waals surface area contributed by atoms with Crippen LogP contribution >= 0.6 is 11.6 Å². The highest BCUT2D eigenvalue weighted by molar-refractivity contribution is 6.31. The second kappa shape index (κ2) is 6.43. The maximum atomic E-state index is 11.1. The molecule has 0 heterocycles. The third-order valence-corrected chi connectivity index (χ3v) is 2.30. The maximum Gasteiger partial charge on any atom is 0.233 e. The SMILES string of the molecule is CCNC(=O)CNCc1ccccc1Cl. The van der Waals surface area contributed by atoms with Gasteiger partial charge in [0.15, 0.2) is 0 Å². The molecule has 0 spiro atoms. The first kappa shape index (κ1) is 12.0. The number of benzene rings is 1. The van der Waals surface area contributed by atoms with Gasteiger partial charge >= 0.3 is 0 Å². The molecule has 0 aliphatic rings. The number of carbonyl (C=O) groups is 1. The summed E-state index contributed by atoms with van der Waals surface area (Å²) < 4.78 is 0. The molecule has 1 aromatic rings. The zero-order valence-corrected chi connectivity index (χ0v) is 9.47. The topological polar surface area (TPSA) is 41.1 Å². The number of carbonyl (C=O) groups excluding carboxylic acids is 1. The third kappa shape index (κ3) is 4.32. The molecule has 1 amide bonds. The van der Waals surface area contributed by atoms with Gasteiger partial charge in [0.1, 0.15) is 0 Å². The summed E-state index contributed by atoms with van der Waals surface area (Å²) in [5.74, 6) is 0.00422. The van der Waals surface area contributed by atoms with Gasteiger partial charge in [-0.2, -0.15) is 0 Å². The number of nitrogens with one attached hydrogen (secondary N) is 2. The fourth-order valence-corrected chi connectivity index (χ4v) is 1.41. The molecule has 15 heavy (non-hydrogen) atoms. The molecule has 0 fully saturated rings. The van der Waals surface area contributed by atoms with Crippen molar-refractivity contribution >= 4 is 17.5 Å². The Balaban J connectivity index is 2.32. The molecule has 2 N–H and O–H groups in total. The molecule has 0 bridgehead atoms. The largest absolute Gasteiger partial charge is 0.355 e. The van der Waals surface area contributed by atoms with Crippen molar-refractivity contribution in [1.29, 1.82) is 0 Å². The van der Waals surface area contributed by atoms with Gasteiger partial charge < -0.3 is 10.6 Å². The molecular formula is C11H15ClN2O. The molecule has 0 saturated heterocycles. The van der Waals surface area contributed by atoms with Crippen LogP contribution in [-0.2, 0) is 11.3 Å². The van der Waals surface area contributed by atoms with Crippen molar-refractivity contribution in [1.82, 2.24) is 10.6 Å². The summed E-state index contributed by atoms with van der Waals surface area (Å²) in [5.41, 5.74) is 1.00. The molecule has 0 aliphatic carbocycles. The molecule has 82 valence electrons. The summed E-state index contributed by atoms with van der Waals surface area (Å²) in [6.45, 7) is 3.48. The van der Waals surface area contributed by atoms with Crippen molar-refractivity contribution in [2.24, 2.45) is 0 Å². The number of hydrogen-bond acceptors (Lipinski definition) is 2. The van der Waals surface area contributed by atoms with Gasteiger partial charge in [-0.15, -0.1) is 0 Å². The van der Waals surface area contributed by atoms with E-state index in [1.807, 2.05) is 31.2 Å². The zero-order valence-electron chi connectivity index (χ0n) is 8.72. The van der Waals surface area contributed by atoms with Crippen LogP contribution in [0.5, 0.6) is 0 Å². The van der Waals surface area contributed by atoms with E-state index in [0.717, 1.165) is 10.6 Å². The second-order valence-electron chi connectivity index (χ2n) is 3.15. The van der Waals surface area contributed by atoms with Crippen molar-refractivity contribution in [3.63, 3.8) is 0 Å². The molecular weight excluding hydrogens is 212 g/mol. The lowest BCUT2D eigenvalue weighted by molar-refractivity contribution is -0.120. The van der Waals surface area contributed by atoms with Gasteiger partial charge in [-0.3, -0.25) is 4.79 Å². The van der Waals surface area contributed by atoms with E-state index in [-0.39, 0.29) is 5.91 Å². The minimum Gasteiger partial charge on any atom is -0.355 e. The van der Waals surface area contributed by atoms with E-state index < -0.39 is 0 Å². The summed E-state index contributed by atoms with van der Waals surface area (Å²) in [7, 11) is 0. The van der Waals surface area contributed by atoms with Crippen LogP contribution in [0, 0.1) is 0 Å². The quantitative estimate of drug-likeness (QED) is 0.800. The van der Waals surface area contributed by atoms with Gasteiger partial charge in [0, 0.05) is 18.1 Å². The van der Waals surface area contributed by atoms with Crippen LogP contribution in [-0.4, -0.2) is 19.0 Å². The lowest BCUT2D eigenvalue weighted by Gasteiger charge is -2.06. The van der Waals surface area contributed by atoms with Crippen LogP contribution in [0.2, 0.25) is 5.02 Å². The van der Waals surface area contributed by atoms with Crippen molar-refractivity contribution in [2.75, 3.05) is 13.1 Å². The molecule has 0 unspecified atom stereocenters. The van der Waals surface area contributed by atoms with Crippen LogP contribution in [0.3, 0.4) is 0 Å². The highest BCUT2D eigenvalue weighted by Crippen LogP contribution is 2.13.